The van der Waals surface area contributed by atoms with Crippen LogP contribution in [0.25, 0.3) is 11.1 Å². The van der Waals surface area contributed by atoms with Crippen molar-refractivity contribution in [1.29, 1.82) is 0 Å². The van der Waals surface area contributed by atoms with E-state index in [0.717, 1.165) is 11.3 Å². The van der Waals surface area contributed by atoms with Crippen LogP contribution in [0, 0.1) is 6.92 Å². The summed E-state index contributed by atoms with van der Waals surface area (Å²) in [6.07, 6.45) is 0.716. The van der Waals surface area contributed by atoms with Crippen LogP contribution in [0.4, 0.5) is 0 Å². The third kappa shape index (κ3) is 2.78. The van der Waals surface area contributed by atoms with Crippen molar-refractivity contribution in [1.82, 2.24) is 4.90 Å². The second-order valence-corrected chi connectivity index (χ2v) is 7.02. The Balaban J connectivity index is 1.59. The molecule has 134 valence electrons. The second-order valence-electron chi connectivity index (χ2n) is 7.02. The summed E-state index contributed by atoms with van der Waals surface area (Å²) in [5, 5.41) is 4.06. The molecule has 0 aromatic heterocycles. The van der Waals surface area contributed by atoms with Gasteiger partial charge in [0, 0.05) is 12.0 Å². The first-order valence-corrected chi connectivity index (χ1v) is 8.78. The molecule has 1 spiro atoms. The second kappa shape index (κ2) is 6.57. The Hall–Kier alpha value is -2.66. The van der Waals surface area contributed by atoms with E-state index in [1.54, 1.807) is 0 Å². The largest absolute Gasteiger partial charge is 0.399 e. The zero-order valence-corrected chi connectivity index (χ0v) is 15.1. The van der Waals surface area contributed by atoms with Crippen molar-refractivity contribution >= 4 is 11.6 Å². The predicted molar refractivity (Wildman–Crippen MR) is 100 cm³/mol. The summed E-state index contributed by atoms with van der Waals surface area (Å²) in [6.45, 7) is 3.71. The zero-order chi connectivity index (χ0) is 18.1. The number of likely N-dealkylation sites (tertiary alicyclic amines) is 1. The van der Waals surface area contributed by atoms with E-state index in [2.05, 4.69) is 24.2 Å². The third-order valence-corrected chi connectivity index (χ3v) is 5.24. The van der Waals surface area contributed by atoms with Crippen LogP contribution in [0.3, 0.4) is 0 Å². The maximum atomic E-state index is 13.1. The van der Waals surface area contributed by atoms with Gasteiger partial charge in [-0.05, 0) is 35.7 Å². The number of hydrogen-bond donors (Lipinski definition) is 0. The van der Waals surface area contributed by atoms with Crippen LogP contribution in [0.5, 0.6) is 0 Å². The van der Waals surface area contributed by atoms with Crippen molar-refractivity contribution in [3.63, 3.8) is 0 Å². The number of carbonyl (C=O) groups excluding carboxylic acids is 1. The van der Waals surface area contributed by atoms with Gasteiger partial charge in [-0.2, -0.15) is 0 Å². The average molecular weight is 350 g/mol. The normalized spacial score (nSPS) is 19.6. The van der Waals surface area contributed by atoms with Crippen LogP contribution >= 0.6 is 0 Å². The highest BCUT2D eigenvalue weighted by Gasteiger charge is 2.52. The van der Waals surface area contributed by atoms with E-state index in [1.165, 1.54) is 18.2 Å². The summed E-state index contributed by atoms with van der Waals surface area (Å²) < 4.78 is 5.40. The number of nitrogens with zero attached hydrogens (tertiary/aromatic N) is 2. The molecule has 5 heteroatoms. The van der Waals surface area contributed by atoms with Crippen molar-refractivity contribution < 1.29 is 14.4 Å². The van der Waals surface area contributed by atoms with E-state index in [9.17, 15) is 4.79 Å². The van der Waals surface area contributed by atoms with E-state index in [1.807, 2.05) is 41.3 Å². The molecule has 2 saturated heterocycles. The van der Waals surface area contributed by atoms with Crippen molar-refractivity contribution in [2.45, 2.75) is 18.9 Å². The summed E-state index contributed by atoms with van der Waals surface area (Å²) in [7, 11) is 1.53. The predicted octanol–water partition coefficient (Wildman–Crippen LogP) is 3.28. The van der Waals surface area contributed by atoms with E-state index in [4.69, 9.17) is 9.57 Å². The summed E-state index contributed by atoms with van der Waals surface area (Å²) in [5.74, 6) is 0.0194. The first kappa shape index (κ1) is 16.8. The first-order valence-electron chi connectivity index (χ1n) is 8.78. The minimum atomic E-state index is -0.261. The SMILES string of the molecule is CO/N=C1/CN(C(=O)c2ccc(-c3ccccc3C)cc2)C2(COC2)C1. The van der Waals surface area contributed by atoms with Crippen LogP contribution in [-0.2, 0) is 9.57 Å². The molecule has 26 heavy (non-hydrogen) atoms. The van der Waals surface area contributed by atoms with E-state index in [-0.39, 0.29) is 11.4 Å². The maximum absolute atomic E-state index is 13.1. The van der Waals surface area contributed by atoms with Crippen molar-refractivity contribution in [2.24, 2.45) is 5.16 Å². The molecule has 0 bridgehead atoms. The summed E-state index contributed by atoms with van der Waals surface area (Å²) in [6, 6.07) is 16.1. The van der Waals surface area contributed by atoms with Crippen LogP contribution in [0.2, 0.25) is 0 Å². The van der Waals surface area contributed by atoms with Gasteiger partial charge in [-0.1, -0.05) is 41.6 Å². The lowest BCUT2D eigenvalue weighted by Crippen LogP contribution is -2.60. The number of hydrogen-bond acceptors (Lipinski definition) is 4. The van der Waals surface area contributed by atoms with Crippen molar-refractivity contribution in [3.05, 3.63) is 59.7 Å². The van der Waals surface area contributed by atoms with Crippen LogP contribution < -0.4 is 0 Å². The quantitative estimate of drug-likeness (QED) is 0.798. The molecular weight excluding hydrogens is 328 g/mol. The summed E-state index contributed by atoms with van der Waals surface area (Å²) in [5.41, 5.74) is 4.84. The zero-order valence-electron chi connectivity index (χ0n) is 15.1. The fourth-order valence-electron chi connectivity index (χ4n) is 3.80. The molecule has 2 aliphatic heterocycles. The third-order valence-electron chi connectivity index (χ3n) is 5.24. The lowest BCUT2D eigenvalue weighted by Gasteiger charge is -2.44. The van der Waals surface area contributed by atoms with Gasteiger partial charge in [0.1, 0.15) is 7.11 Å². The Bertz CT molecular complexity index is 854. The van der Waals surface area contributed by atoms with Crippen molar-refractivity contribution in [3.8, 4) is 11.1 Å². The number of oxime groups is 1. The summed E-state index contributed by atoms with van der Waals surface area (Å²) in [4.78, 5) is 19.9. The monoisotopic (exact) mass is 350 g/mol. The van der Waals surface area contributed by atoms with Crippen LogP contribution in [-0.4, -0.2) is 48.9 Å². The lowest BCUT2D eigenvalue weighted by atomic mass is 9.93. The van der Waals surface area contributed by atoms with Gasteiger partial charge in [0.25, 0.3) is 5.91 Å². The number of rotatable bonds is 3. The topological polar surface area (TPSA) is 51.1 Å². The Labute approximate surface area is 153 Å². The van der Waals surface area contributed by atoms with Gasteiger partial charge in [0.05, 0.1) is 31.0 Å². The summed E-state index contributed by atoms with van der Waals surface area (Å²) >= 11 is 0. The molecule has 4 rings (SSSR count). The smallest absolute Gasteiger partial charge is 0.254 e. The number of aryl methyl sites for hydroxylation is 1. The number of amides is 1. The van der Waals surface area contributed by atoms with Gasteiger partial charge >= 0.3 is 0 Å². The highest BCUT2D eigenvalue weighted by molar-refractivity contribution is 6.01. The van der Waals surface area contributed by atoms with E-state index < -0.39 is 0 Å². The fourth-order valence-corrected chi connectivity index (χ4v) is 3.80. The Morgan fingerprint density at radius 2 is 1.88 bits per heavy atom. The lowest BCUT2D eigenvalue weighted by molar-refractivity contribution is -0.109. The van der Waals surface area contributed by atoms with Gasteiger partial charge in [0.15, 0.2) is 0 Å². The molecule has 2 aromatic rings. The maximum Gasteiger partial charge on any atom is 0.254 e. The molecule has 0 saturated carbocycles. The number of benzene rings is 2. The highest BCUT2D eigenvalue weighted by atomic mass is 16.6. The van der Waals surface area contributed by atoms with Gasteiger partial charge in [-0.15, -0.1) is 0 Å². The molecular formula is C21H22N2O3. The molecule has 0 aliphatic carbocycles. The minimum absolute atomic E-state index is 0.0194. The fraction of sp³-hybridized carbons (Fsp3) is 0.333. The van der Waals surface area contributed by atoms with Gasteiger partial charge in [-0.3, -0.25) is 4.79 Å². The molecule has 0 atom stereocenters. The van der Waals surface area contributed by atoms with Gasteiger partial charge in [-0.25, -0.2) is 0 Å². The van der Waals surface area contributed by atoms with Gasteiger partial charge in [0.2, 0.25) is 0 Å². The molecule has 0 unspecified atom stereocenters. The van der Waals surface area contributed by atoms with Crippen LogP contribution in [0.1, 0.15) is 22.3 Å². The molecule has 0 N–H and O–H groups in total. The van der Waals surface area contributed by atoms with E-state index in [0.29, 0.717) is 31.7 Å². The molecule has 2 heterocycles. The van der Waals surface area contributed by atoms with Gasteiger partial charge < -0.3 is 14.5 Å². The van der Waals surface area contributed by atoms with E-state index >= 15 is 0 Å². The molecule has 2 aliphatic rings. The Morgan fingerprint density at radius 1 is 1.15 bits per heavy atom. The number of ether oxygens (including phenoxy) is 1. The molecule has 2 fully saturated rings. The molecule has 5 nitrogen and oxygen atoms in total. The number of carbonyl (C=O) groups is 1. The highest BCUT2D eigenvalue weighted by Crippen LogP contribution is 2.36. The molecule has 2 aromatic carbocycles. The van der Waals surface area contributed by atoms with Crippen molar-refractivity contribution in [2.75, 3.05) is 26.9 Å². The average Bonchev–Trinajstić information content (AvgIpc) is 3.02. The molecule has 1 amide bonds. The minimum Gasteiger partial charge on any atom is -0.399 e. The Morgan fingerprint density at radius 3 is 2.50 bits per heavy atom. The van der Waals surface area contributed by atoms with Crippen LogP contribution in [0.15, 0.2) is 53.7 Å². The Kier molecular flexibility index (Phi) is 4.24. The molecule has 0 radical (unpaired) electrons. The standard InChI is InChI=1S/C21H22N2O3/c1-15-5-3-4-6-19(15)16-7-9-17(10-8-16)20(24)23-12-18(22-25-2)11-21(23)13-26-14-21/h3-10H,11-14H2,1-2H3/b22-18+. The first-order chi connectivity index (χ1) is 12.6.